The highest BCUT2D eigenvalue weighted by molar-refractivity contribution is 5.85. The fourth-order valence-corrected chi connectivity index (χ4v) is 5.79. The number of piperidine rings is 1. The molecule has 2 fully saturated rings. The molecule has 2 aliphatic heterocycles. The Balaban J connectivity index is 0.00000242. The van der Waals surface area contributed by atoms with Crippen LogP contribution in [0.1, 0.15) is 55.2 Å². The van der Waals surface area contributed by atoms with E-state index in [9.17, 15) is 4.79 Å². The predicted molar refractivity (Wildman–Crippen MR) is 168 cm³/mol. The number of carboxylic acids is 1. The Morgan fingerprint density at radius 1 is 0.952 bits per heavy atom. The van der Waals surface area contributed by atoms with Crippen molar-refractivity contribution in [3.8, 4) is 11.5 Å². The molecular weight excluding hydrogens is 575 g/mol. The number of nitrogens with zero attached hydrogens (tertiary/aromatic N) is 2. The van der Waals surface area contributed by atoms with Gasteiger partial charge in [0.05, 0.1) is 18.4 Å². The maximum absolute atomic E-state index is 10.7. The van der Waals surface area contributed by atoms with E-state index in [0.29, 0.717) is 18.9 Å². The molecule has 2 aromatic carbocycles. The molecule has 1 atom stereocenters. The number of pyridine rings is 1. The van der Waals surface area contributed by atoms with Gasteiger partial charge in [0.25, 0.3) is 0 Å². The number of hydrogen-bond donors (Lipinski definition) is 1. The molecule has 1 unspecified atom stereocenters. The van der Waals surface area contributed by atoms with Gasteiger partial charge in [0.1, 0.15) is 18.1 Å². The van der Waals surface area contributed by atoms with E-state index in [1.165, 1.54) is 5.56 Å². The van der Waals surface area contributed by atoms with Crippen LogP contribution in [0.3, 0.4) is 0 Å². The average molecular weight is 618 g/mol. The van der Waals surface area contributed by atoms with E-state index in [0.717, 1.165) is 87.6 Å². The third kappa shape index (κ3) is 10.2. The third-order valence-electron chi connectivity index (χ3n) is 8.18. The Labute approximate surface area is 261 Å². The molecule has 2 aliphatic rings. The Hall–Kier alpha value is -2.84. The van der Waals surface area contributed by atoms with Gasteiger partial charge in [-0.3, -0.25) is 14.7 Å². The molecule has 228 valence electrons. The van der Waals surface area contributed by atoms with Crippen molar-refractivity contribution in [2.45, 2.75) is 63.7 Å². The van der Waals surface area contributed by atoms with Crippen LogP contribution >= 0.6 is 24.8 Å². The van der Waals surface area contributed by atoms with Crippen LogP contribution in [0.25, 0.3) is 0 Å². The highest BCUT2D eigenvalue weighted by atomic mass is 35.5. The molecule has 0 aliphatic carbocycles. The molecule has 0 saturated carbocycles. The number of hydrogen-bond acceptors (Lipinski definition) is 6. The van der Waals surface area contributed by atoms with Crippen molar-refractivity contribution in [3.05, 3.63) is 89.7 Å². The Morgan fingerprint density at radius 3 is 2.36 bits per heavy atom. The van der Waals surface area contributed by atoms with Gasteiger partial charge < -0.3 is 19.3 Å². The quantitative estimate of drug-likeness (QED) is 0.241. The first-order valence-electron chi connectivity index (χ1n) is 14.5. The lowest BCUT2D eigenvalue weighted by molar-refractivity contribution is -0.137. The number of likely N-dealkylation sites (tertiary alicyclic amines) is 1. The molecule has 0 bridgehead atoms. The summed E-state index contributed by atoms with van der Waals surface area (Å²) in [5.41, 5.74) is 3.48. The molecular formula is C33H42Cl2N2O5. The van der Waals surface area contributed by atoms with Crippen molar-refractivity contribution in [2.24, 2.45) is 5.92 Å². The van der Waals surface area contributed by atoms with Crippen molar-refractivity contribution >= 4 is 30.8 Å². The minimum atomic E-state index is -0.778. The molecule has 5 rings (SSSR count). The van der Waals surface area contributed by atoms with E-state index in [2.05, 4.69) is 34.1 Å². The number of halogens is 2. The smallest absolute Gasteiger partial charge is 0.303 e. The Kier molecular flexibility index (Phi) is 13.4. The summed E-state index contributed by atoms with van der Waals surface area (Å²) < 4.78 is 18.2. The topological polar surface area (TPSA) is 81.1 Å². The van der Waals surface area contributed by atoms with Gasteiger partial charge >= 0.3 is 5.97 Å². The van der Waals surface area contributed by atoms with Gasteiger partial charge in [-0.1, -0.05) is 36.4 Å². The molecule has 3 aromatic rings. The summed E-state index contributed by atoms with van der Waals surface area (Å²) in [4.78, 5) is 17.4. The average Bonchev–Trinajstić information content (AvgIpc) is 2.98. The van der Waals surface area contributed by atoms with Gasteiger partial charge in [-0.2, -0.15) is 0 Å². The number of carbonyl (C=O) groups is 1. The SMILES string of the molecule is Cl.Cl.O=C(O)CCc1ccc(OCc2ccc(CN3CCC4(CC3)CC(CCOc3cccnc3)CCO4)cc2)cc1. The van der Waals surface area contributed by atoms with E-state index >= 15 is 0 Å². The van der Waals surface area contributed by atoms with E-state index in [4.69, 9.17) is 19.3 Å². The molecule has 1 N–H and O–H groups in total. The van der Waals surface area contributed by atoms with Crippen LogP contribution < -0.4 is 9.47 Å². The minimum absolute atomic E-state index is 0. The first kappa shape index (κ1) is 33.7. The summed E-state index contributed by atoms with van der Waals surface area (Å²) in [6.07, 6.45) is 9.72. The standard InChI is InChI=1S/C33H40N2O5.2ClH/c36-32(37)12-9-26-7-10-30(11-8-26)39-25-29-5-3-28(4-6-29)24-35-18-15-33(16-19-35)22-27(14-21-40-33)13-20-38-31-2-1-17-34-23-31;;/h1-8,10-11,17,23,27H,9,12-16,18-22,24-25H2,(H,36,37);2*1H. The van der Waals surface area contributed by atoms with E-state index in [-0.39, 0.29) is 36.8 Å². The summed E-state index contributed by atoms with van der Waals surface area (Å²) in [5.74, 6) is 1.51. The van der Waals surface area contributed by atoms with Crippen molar-refractivity contribution in [1.29, 1.82) is 0 Å². The zero-order valence-electron chi connectivity index (χ0n) is 24.0. The van der Waals surface area contributed by atoms with Crippen LogP contribution in [-0.4, -0.2) is 52.9 Å². The Bertz CT molecular complexity index is 1200. The van der Waals surface area contributed by atoms with Gasteiger partial charge in [-0.25, -0.2) is 0 Å². The zero-order chi connectivity index (χ0) is 27.6. The number of ether oxygens (including phenoxy) is 3. The van der Waals surface area contributed by atoms with Crippen LogP contribution in [0.5, 0.6) is 11.5 Å². The van der Waals surface area contributed by atoms with Crippen molar-refractivity contribution in [2.75, 3.05) is 26.3 Å². The van der Waals surface area contributed by atoms with Crippen LogP contribution in [0.2, 0.25) is 0 Å². The molecule has 3 heterocycles. The number of aromatic nitrogens is 1. The van der Waals surface area contributed by atoms with E-state index < -0.39 is 5.97 Å². The molecule has 0 radical (unpaired) electrons. The largest absolute Gasteiger partial charge is 0.492 e. The second kappa shape index (κ2) is 16.7. The van der Waals surface area contributed by atoms with Gasteiger partial charge in [-0.05, 0) is 85.4 Å². The number of carboxylic acid groups (broad SMARTS) is 1. The number of benzene rings is 2. The lowest BCUT2D eigenvalue weighted by Crippen LogP contribution is -2.49. The molecule has 2 saturated heterocycles. The highest BCUT2D eigenvalue weighted by Crippen LogP contribution is 2.39. The molecule has 1 aromatic heterocycles. The minimum Gasteiger partial charge on any atom is -0.492 e. The summed E-state index contributed by atoms with van der Waals surface area (Å²) in [6.45, 7) is 5.18. The van der Waals surface area contributed by atoms with Gasteiger partial charge in [-0.15, -0.1) is 24.8 Å². The van der Waals surface area contributed by atoms with Gasteiger partial charge in [0.15, 0.2) is 0 Å². The van der Waals surface area contributed by atoms with E-state index in [1.807, 2.05) is 36.4 Å². The normalized spacial score (nSPS) is 18.0. The first-order chi connectivity index (χ1) is 19.6. The first-order valence-corrected chi connectivity index (χ1v) is 14.5. The third-order valence-corrected chi connectivity index (χ3v) is 8.18. The van der Waals surface area contributed by atoms with Crippen molar-refractivity contribution in [1.82, 2.24) is 9.88 Å². The summed E-state index contributed by atoms with van der Waals surface area (Å²) >= 11 is 0. The van der Waals surface area contributed by atoms with Crippen molar-refractivity contribution < 1.29 is 24.1 Å². The van der Waals surface area contributed by atoms with Gasteiger partial charge in [0.2, 0.25) is 0 Å². The molecule has 42 heavy (non-hydrogen) atoms. The summed E-state index contributed by atoms with van der Waals surface area (Å²) in [7, 11) is 0. The van der Waals surface area contributed by atoms with Crippen LogP contribution in [0.15, 0.2) is 73.1 Å². The van der Waals surface area contributed by atoms with Gasteiger partial charge in [0, 0.05) is 38.9 Å². The predicted octanol–water partition coefficient (Wildman–Crippen LogP) is 6.75. The number of rotatable bonds is 12. The lowest BCUT2D eigenvalue weighted by Gasteiger charge is -2.46. The highest BCUT2D eigenvalue weighted by Gasteiger charge is 2.40. The monoisotopic (exact) mass is 616 g/mol. The molecule has 7 nitrogen and oxygen atoms in total. The molecule has 9 heteroatoms. The summed E-state index contributed by atoms with van der Waals surface area (Å²) in [6, 6.07) is 20.2. The van der Waals surface area contributed by atoms with Crippen molar-refractivity contribution in [3.63, 3.8) is 0 Å². The second-order valence-electron chi connectivity index (χ2n) is 11.1. The second-order valence-corrected chi connectivity index (χ2v) is 11.1. The Morgan fingerprint density at radius 2 is 1.67 bits per heavy atom. The van der Waals surface area contributed by atoms with E-state index in [1.54, 1.807) is 12.4 Å². The molecule has 0 amide bonds. The summed E-state index contributed by atoms with van der Waals surface area (Å²) in [5, 5.41) is 8.83. The maximum atomic E-state index is 10.7. The lowest BCUT2D eigenvalue weighted by atomic mass is 9.78. The fraction of sp³-hybridized carbons (Fsp3) is 0.455. The fourth-order valence-electron chi connectivity index (χ4n) is 5.79. The maximum Gasteiger partial charge on any atom is 0.303 e. The number of aryl methyl sites for hydroxylation is 1. The zero-order valence-corrected chi connectivity index (χ0v) is 25.6. The van der Waals surface area contributed by atoms with Crippen LogP contribution in [-0.2, 0) is 29.1 Å². The van der Waals surface area contributed by atoms with Crippen LogP contribution in [0, 0.1) is 5.92 Å². The molecule has 1 spiro atoms. The number of aliphatic carboxylic acids is 1. The van der Waals surface area contributed by atoms with Crippen LogP contribution in [0.4, 0.5) is 0 Å².